The van der Waals surface area contributed by atoms with Crippen LogP contribution in [-0.2, 0) is 4.79 Å². The normalized spacial score (nSPS) is 11.2. The van der Waals surface area contributed by atoms with Crippen molar-refractivity contribution in [1.82, 2.24) is 4.98 Å². The van der Waals surface area contributed by atoms with Crippen LogP contribution in [-0.4, -0.2) is 16.4 Å². The highest BCUT2D eigenvalue weighted by Crippen LogP contribution is 2.15. The predicted molar refractivity (Wildman–Crippen MR) is 65.1 cm³/mol. The summed E-state index contributed by atoms with van der Waals surface area (Å²) in [5.41, 5.74) is 6.83. The summed E-state index contributed by atoms with van der Waals surface area (Å²) in [6.07, 6.45) is 2.92. The van der Waals surface area contributed by atoms with E-state index in [4.69, 9.17) is 5.73 Å². The molecule has 0 aliphatic heterocycles. The number of amides is 1. The number of nitrogens with one attached hydrogen (secondary N) is 1. The monoisotopic (exact) mass is 221 g/mol. The number of pyridine rings is 1. The van der Waals surface area contributed by atoms with E-state index in [2.05, 4.69) is 10.3 Å². The van der Waals surface area contributed by atoms with E-state index >= 15 is 0 Å². The van der Waals surface area contributed by atoms with Crippen LogP contribution in [0, 0.1) is 6.92 Å². The van der Waals surface area contributed by atoms with E-state index in [1.54, 1.807) is 12.3 Å². The minimum absolute atomic E-state index is 0.136. The van der Waals surface area contributed by atoms with Gasteiger partial charge >= 0.3 is 0 Å². The molecule has 0 aliphatic carbocycles. The van der Waals surface area contributed by atoms with Crippen molar-refractivity contribution >= 4 is 11.6 Å². The van der Waals surface area contributed by atoms with Crippen molar-refractivity contribution in [2.45, 2.75) is 39.2 Å². The summed E-state index contributed by atoms with van der Waals surface area (Å²) in [5, 5.41) is 2.82. The lowest BCUT2D eigenvalue weighted by Crippen LogP contribution is -2.50. The molecule has 0 aromatic carbocycles. The second-order valence-electron chi connectivity index (χ2n) is 4.00. The molecule has 1 amide bonds. The topological polar surface area (TPSA) is 68.0 Å². The highest BCUT2D eigenvalue weighted by atomic mass is 16.2. The second-order valence-corrected chi connectivity index (χ2v) is 4.00. The van der Waals surface area contributed by atoms with Gasteiger partial charge < -0.3 is 11.1 Å². The molecule has 0 saturated heterocycles. The average molecular weight is 221 g/mol. The molecule has 88 valence electrons. The van der Waals surface area contributed by atoms with Crippen LogP contribution in [0.5, 0.6) is 0 Å². The fourth-order valence-electron chi connectivity index (χ4n) is 1.45. The number of aryl methyl sites for hydroxylation is 1. The lowest BCUT2D eigenvalue weighted by molar-refractivity contribution is -0.121. The molecule has 1 aromatic heterocycles. The van der Waals surface area contributed by atoms with Crippen LogP contribution in [0.1, 0.15) is 32.4 Å². The highest BCUT2D eigenvalue weighted by Gasteiger charge is 2.29. The molecule has 0 bridgehead atoms. The van der Waals surface area contributed by atoms with E-state index in [9.17, 15) is 4.79 Å². The summed E-state index contributed by atoms with van der Waals surface area (Å²) in [6, 6.07) is 3.58. The Bertz CT molecular complexity index is 372. The van der Waals surface area contributed by atoms with Crippen LogP contribution >= 0.6 is 0 Å². The van der Waals surface area contributed by atoms with E-state index < -0.39 is 5.54 Å². The fourth-order valence-corrected chi connectivity index (χ4v) is 1.45. The van der Waals surface area contributed by atoms with Crippen molar-refractivity contribution in [3.8, 4) is 0 Å². The van der Waals surface area contributed by atoms with Gasteiger partial charge in [-0.15, -0.1) is 0 Å². The molecule has 16 heavy (non-hydrogen) atoms. The molecular formula is C12H19N3O. The maximum atomic E-state index is 12.0. The average Bonchev–Trinajstić information content (AvgIpc) is 2.28. The molecule has 0 aliphatic rings. The number of carbonyl (C=O) groups excluding carboxylic acids is 1. The Morgan fingerprint density at radius 1 is 1.50 bits per heavy atom. The number of anilines is 1. The molecule has 1 heterocycles. The summed E-state index contributed by atoms with van der Waals surface area (Å²) in [7, 11) is 0. The summed E-state index contributed by atoms with van der Waals surface area (Å²) < 4.78 is 0. The molecule has 0 radical (unpaired) electrons. The maximum absolute atomic E-state index is 12.0. The van der Waals surface area contributed by atoms with Gasteiger partial charge in [-0.1, -0.05) is 13.8 Å². The largest absolute Gasteiger partial charge is 0.324 e. The van der Waals surface area contributed by atoms with Crippen molar-refractivity contribution in [2.24, 2.45) is 5.73 Å². The number of rotatable bonds is 4. The molecule has 4 heteroatoms. The SMILES string of the molecule is CCC(N)(CC)C(=O)Nc1ccnc(C)c1. The number of hydrogen-bond donors (Lipinski definition) is 2. The quantitative estimate of drug-likeness (QED) is 0.815. The zero-order chi connectivity index (χ0) is 12.2. The fraction of sp³-hybridized carbons (Fsp3) is 0.500. The van der Waals surface area contributed by atoms with Gasteiger partial charge in [0, 0.05) is 17.6 Å². The summed E-state index contributed by atoms with van der Waals surface area (Å²) in [4.78, 5) is 16.0. The molecule has 0 unspecified atom stereocenters. The number of nitrogens with two attached hydrogens (primary N) is 1. The molecule has 0 atom stereocenters. The van der Waals surface area contributed by atoms with Crippen LogP contribution in [0.4, 0.5) is 5.69 Å². The van der Waals surface area contributed by atoms with Crippen molar-refractivity contribution in [1.29, 1.82) is 0 Å². The predicted octanol–water partition coefficient (Wildman–Crippen LogP) is 1.85. The minimum atomic E-state index is -0.781. The molecule has 4 nitrogen and oxygen atoms in total. The van der Waals surface area contributed by atoms with Crippen LogP contribution in [0.25, 0.3) is 0 Å². The van der Waals surface area contributed by atoms with Crippen molar-refractivity contribution in [2.75, 3.05) is 5.32 Å². The second kappa shape index (κ2) is 5.07. The molecule has 0 fully saturated rings. The van der Waals surface area contributed by atoms with Crippen LogP contribution < -0.4 is 11.1 Å². The third kappa shape index (κ3) is 2.79. The highest BCUT2D eigenvalue weighted by molar-refractivity contribution is 5.97. The first-order valence-electron chi connectivity index (χ1n) is 5.55. The van der Waals surface area contributed by atoms with E-state index in [1.807, 2.05) is 26.8 Å². The first-order chi connectivity index (χ1) is 7.51. The number of hydrogen-bond acceptors (Lipinski definition) is 3. The Labute approximate surface area is 96.3 Å². The number of nitrogens with zero attached hydrogens (tertiary/aromatic N) is 1. The van der Waals surface area contributed by atoms with Gasteiger partial charge in [0.25, 0.3) is 0 Å². The Morgan fingerprint density at radius 3 is 2.62 bits per heavy atom. The zero-order valence-corrected chi connectivity index (χ0v) is 10.1. The van der Waals surface area contributed by atoms with Gasteiger partial charge in [-0.3, -0.25) is 9.78 Å². The molecule has 0 saturated carbocycles. The van der Waals surface area contributed by atoms with Gasteiger partial charge in [0.05, 0.1) is 5.54 Å². The number of aromatic nitrogens is 1. The standard InChI is InChI=1S/C12H19N3O/c1-4-12(13,5-2)11(16)15-10-6-7-14-9(3)8-10/h6-8H,4-5,13H2,1-3H3,(H,14,15,16). The lowest BCUT2D eigenvalue weighted by Gasteiger charge is -2.25. The van der Waals surface area contributed by atoms with Gasteiger partial charge in [0.2, 0.25) is 5.91 Å². The van der Waals surface area contributed by atoms with Gasteiger partial charge in [-0.2, -0.15) is 0 Å². The summed E-state index contributed by atoms with van der Waals surface area (Å²) >= 11 is 0. The van der Waals surface area contributed by atoms with E-state index in [-0.39, 0.29) is 5.91 Å². The van der Waals surface area contributed by atoms with Crippen molar-refractivity contribution in [3.05, 3.63) is 24.0 Å². The Kier molecular flexibility index (Phi) is 4.01. The van der Waals surface area contributed by atoms with Crippen molar-refractivity contribution in [3.63, 3.8) is 0 Å². The van der Waals surface area contributed by atoms with Gasteiger partial charge in [-0.25, -0.2) is 0 Å². The van der Waals surface area contributed by atoms with Crippen LogP contribution in [0.2, 0.25) is 0 Å². The smallest absolute Gasteiger partial charge is 0.244 e. The van der Waals surface area contributed by atoms with Crippen LogP contribution in [0.3, 0.4) is 0 Å². The van der Waals surface area contributed by atoms with Crippen LogP contribution in [0.15, 0.2) is 18.3 Å². The molecule has 1 aromatic rings. The maximum Gasteiger partial charge on any atom is 0.244 e. The van der Waals surface area contributed by atoms with Gasteiger partial charge in [-0.05, 0) is 31.9 Å². The van der Waals surface area contributed by atoms with E-state index in [0.717, 1.165) is 11.4 Å². The molecule has 3 N–H and O–H groups in total. The summed E-state index contributed by atoms with van der Waals surface area (Å²) in [5.74, 6) is -0.136. The Hall–Kier alpha value is -1.42. The first-order valence-corrected chi connectivity index (χ1v) is 5.55. The molecular weight excluding hydrogens is 202 g/mol. The molecule has 0 spiro atoms. The minimum Gasteiger partial charge on any atom is -0.324 e. The Balaban J connectivity index is 2.78. The lowest BCUT2D eigenvalue weighted by atomic mass is 9.93. The number of carbonyl (C=O) groups is 1. The van der Waals surface area contributed by atoms with Crippen molar-refractivity contribution < 1.29 is 4.79 Å². The third-order valence-corrected chi connectivity index (χ3v) is 2.87. The first kappa shape index (κ1) is 12.6. The van der Waals surface area contributed by atoms with Gasteiger partial charge in [0.15, 0.2) is 0 Å². The van der Waals surface area contributed by atoms with Gasteiger partial charge in [0.1, 0.15) is 0 Å². The van der Waals surface area contributed by atoms with E-state index in [1.165, 1.54) is 0 Å². The third-order valence-electron chi connectivity index (χ3n) is 2.87. The molecule has 1 rings (SSSR count). The van der Waals surface area contributed by atoms with E-state index in [0.29, 0.717) is 12.8 Å². The Morgan fingerprint density at radius 2 is 2.12 bits per heavy atom. The zero-order valence-electron chi connectivity index (χ0n) is 10.1. The summed E-state index contributed by atoms with van der Waals surface area (Å²) in [6.45, 7) is 5.72.